The number of anilines is 1. The van der Waals surface area contributed by atoms with Gasteiger partial charge in [-0.1, -0.05) is 24.3 Å². The van der Waals surface area contributed by atoms with Crippen LogP contribution in [0.1, 0.15) is 24.5 Å². The first-order chi connectivity index (χ1) is 10.2. The van der Waals surface area contributed by atoms with Gasteiger partial charge in [0.1, 0.15) is 5.75 Å². The quantitative estimate of drug-likeness (QED) is 0.792. The molecule has 110 valence electrons. The largest absolute Gasteiger partial charge is 0.496 e. The highest BCUT2D eigenvalue weighted by atomic mass is 79.9. The van der Waals surface area contributed by atoms with E-state index in [0.29, 0.717) is 6.04 Å². The summed E-state index contributed by atoms with van der Waals surface area (Å²) >= 11 is 3.58. The molecule has 0 saturated carbocycles. The van der Waals surface area contributed by atoms with E-state index in [2.05, 4.69) is 64.2 Å². The summed E-state index contributed by atoms with van der Waals surface area (Å²) in [6.07, 6.45) is 2.40. The van der Waals surface area contributed by atoms with Crippen LogP contribution in [0, 0.1) is 0 Å². The average Bonchev–Trinajstić information content (AvgIpc) is 2.50. The molecular formula is C18H20BrNO. The van der Waals surface area contributed by atoms with Gasteiger partial charge in [0, 0.05) is 18.3 Å². The van der Waals surface area contributed by atoms with Crippen LogP contribution in [-0.4, -0.2) is 13.2 Å². The fourth-order valence-corrected chi connectivity index (χ4v) is 3.59. The van der Waals surface area contributed by atoms with Crippen LogP contribution in [0.15, 0.2) is 46.9 Å². The van der Waals surface area contributed by atoms with E-state index < -0.39 is 0 Å². The molecule has 0 aromatic heterocycles. The minimum absolute atomic E-state index is 0.570. The van der Waals surface area contributed by atoms with E-state index in [9.17, 15) is 0 Å². The molecule has 2 nitrogen and oxygen atoms in total. The monoisotopic (exact) mass is 345 g/mol. The molecule has 0 bridgehead atoms. The van der Waals surface area contributed by atoms with Gasteiger partial charge in [-0.2, -0.15) is 0 Å². The van der Waals surface area contributed by atoms with Crippen molar-refractivity contribution in [2.24, 2.45) is 0 Å². The van der Waals surface area contributed by atoms with Crippen LogP contribution < -0.4 is 9.64 Å². The second-order valence-electron chi connectivity index (χ2n) is 5.61. The molecule has 2 aromatic carbocycles. The molecule has 3 rings (SSSR count). The van der Waals surface area contributed by atoms with Gasteiger partial charge < -0.3 is 9.64 Å². The molecule has 0 amide bonds. The Kier molecular flexibility index (Phi) is 4.20. The Bertz CT molecular complexity index is 641. The predicted octanol–water partition coefficient (Wildman–Crippen LogP) is 4.80. The maximum atomic E-state index is 5.31. The molecule has 3 heteroatoms. The van der Waals surface area contributed by atoms with E-state index in [1.54, 1.807) is 7.11 Å². The standard InChI is InChI=1S/C18H20BrNO/c1-13-7-9-15-5-3-4-6-17(15)20(13)12-14-8-10-18(21-2)16(19)11-14/h3-6,8,10-11,13H,7,9,12H2,1-2H3. The maximum absolute atomic E-state index is 5.31. The van der Waals surface area contributed by atoms with Gasteiger partial charge in [-0.05, 0) is 65.0 Å². The first kappa shape index (κ1) is 14.5. The molecule has 2 aromatic rings. The summed E-state index contributed by atoms with van der Waals surface area (Å²) in [5.41, 5.74) is 4.14. The van der Waals surface area contributed by atoms with Gasteiger partial charge in [-0.3, -0.25) is 0 Å². The summed E-state index contributed by atoms with van der Waals surface area (Å²) in [6.45, 7) is 3.25. The van der Waals surface area contributed by atoms with E-state index in [-0.39, 0.29) is 0 Å². The fourth-order valence-electron chi connectivity index (χ4n) is 3.01. The lowest BCUT2D eigenvalue weighted by Gasteiger charge is -2.37. The molecule has 21 heavy (non-hydrogen) atoms. The molecule has 0 spiro atoms. The van der Waals surface area contributed by atoms with Gasteiger partial charge in [-0.15, -0.1) is 0 Å². The van der Waals surface area contributed by atoms with Crippen LogP contribution in [0.4, 0.5) is 5.69 Å². The Hall–Kier alpha value is -1.48. The van der Waals surface area contributed by atoms with Crippen LogP contribution in [0.3, 0.4) is 0 Å². The van der Waals surface area contributed by atoms with Crippen molar-refractivity contribution in [1.29, 1.82) is 0 Å². The number of aryl methyl sites for hydroxylation is 1. The number of fused-ring (bicyclic) bond motifs is 1. The number of benzene rings is 2. The molecule has 0 aliphatic carbocycles. The van der Waals surface area contributed by atoms with Crippen LogP contribution in [0.25, 0.3) is 0 Å². The zero-order valence-corrected chi connectivity index (χ0v) is 14.1. The summed E-state index contributed by atoms with van der Waals surface area (Å²) in [5, 5.41) is 0. The van der Waals surface area contributed by atoms with Gasteiger partial charge in [0.05, 0.1) is 11.6 Å². The topological polar surface area (TPSA) is 12.5 Å². The maximum Gasteiger partial charge on any atom is 0.133 e. The molecule has 1 unspecified atom stereocenters. The van der Waals surface area contributed by atoms with Gasteiger partial charge >= 0.3 is 0 Å². The van der Waals surface area contributed by atoms with E-state index in [1.165, 1.54) is 29.7 Å². The molecule has 1 atom stereocenters. The normalized spacial score (nSPS) is 17.5. The highest BCUT2D eigenvalue weighted by Crippen LogP contribution is 2.33. The fraction of sp³-hybridized carbons (Fsp3) is 0.333. The second-order valence-corrected chi connectivity index (χ2v) is 6.47. The van der Waals surface area contributed by atoms with Crippen LogP contribution in [0.5, 0.6) is 5.75 Å². The minimum atomic E-state index is 0.570. The summed E-state index contributed by atoms with van der Waals surface area (Å²) < 4.78 is 6.32. The Morgan fingerprint density at radius 2 is 2.05 bits per heavy atom. The average molecular weight is 346 g/mol. The van der Waals surface area contributed by atoms with Crippen molar-refractivity contribution in [3.8, 4) is 5.75 Å². The molecule has 1 aliphatic rings. The molecule has 0 N–H and O–H groups in total. The molecule has 1 heterocycles. The predicted molar refractivity (Wildman–Crippen MR) is 91.1 cm³/mol. The first-order valence-electron chi connectivity index (χ1n) is 7.36. The molecule has 0 radical (unpaired) electrons. The van der Waals surface area contributed by atoms with Crippen molar-refractivity contribution >= 4 is 21.6 Å². The highest BCUT2D eigenvalue weighted by Gasteiger charge is 2.22. The molecule has 0 saturated heterocycles. The van der Waals surface area contributed by atoms with Crippen molar-refractivity contribution in [2.75, 3.05) is 12.0 Å². The highest BCUT2D eigenvalue weighted by molar-refractivity contribution is 9.10. The van der Waals surface area contributed by atoms with E-state index in [0.717, 1.165) is 16.8 Å². The van der Waals surface area contributed by atoms with Gasteiger partial charge in [0.25, 0.3) is 0 Å². The Balaban J connectivity index is 1.89. The van der Waals surface area contributed by atoms with Gasteiger partial charge in [0.2, 0.25) is 0 Å². The summed E-state index contributed by atoms with van der Waals surface area (Å²) in [7, 11) is 1.70. The number of ether oxygens (including phenoxy) is 1. The third-order valence-corrected chi connectivity index (χ3v) is 4.85. The zero-order valence-electron chi connectivity index (χ0n) is 12.5. The Morgan fingerprint density at radius 3 is 2.81 bits per heavy atom. The van der Waals surface area contributed by atoms with Crippen molar-refractivity contribution in [2.45, 2.75) is 32.4 Å². The second kappa shape index (κ2) is 6.10. The number of hydrogen-bond donors (Lipinski definition) is 0. The van der Waals surface area contributed by atoms with E-state index in [4.69, 9.17) is 4.74 Å². The molecule has 1 aliphatic heterocycles. The smallest absolute Gasteiger partial charge is 0.133 e. The Labute approximate surface area is 134 Å². The molecule has 0 fully saturated rings. The first-order valence-corrected chi connectivity index (χ1v) is 8.15. The minimum Gasteiger partial charge on any atom is -0.496 e. The lowest BCUT2D eigenvalue weighted by atomic mass is 9.96. The molecular weight excluding hydrogens is 326 g/mol. The summed E-state index contributed by atoms with van der Waals surface area (Å²) in [6, 6.07) is 15.7. The number of halogens is 1. The van der Waals surface area contributed by atoms with E-state index >= 15 is 0 Å². The van der Waals surface area contributed by atoms with Gasteiger partial charge in [-0.25, -0.2) is 0 Å². The van der Waals surface area contributed by atoms with Crippen molar-refractivity contribution in [3.63, 3.8) is 0 Å². The SMILES string of the molecule is COc1ccc(CN2c3ccccc3CCC2C)cc1Br. The third kappa shape index (κ3) is 2.93. The number of methoxy groups -OCH3 is 1. The third-order valence-electron chi connectivity index (χ3n) is 4.23. The number of hydrogen-bond acceptors (Lipinski definition) is 2. The zero-order chi connectivity index (χ0) is 14.8. The van der Waals surface area contributed by atoms with E-state index in [1.807, 2.05) is 6.07 Å². The van der Waals surface area contributed by atoms with Crippen LogP contribution >= 0.6 is 15.9 Å². The van der Waals surface area contributed by atoms with Gasteiger partial charge in [0.15, 0.2) is 0 Å². The summed E-state index contributed by atoms with van der Waals surface area (Å²) in [4.78, 5) is 2.51. The van der Waals surface area contributed by atoms with Crippen molar-refractivity contribution < 1.29 is 4.74 Å². The summed E-state index contributed by atoms with van der Waals surface area (Å²) in [5.74, 6) is 0.880. The lowest BCUT2D eigenvalue weighted by Crippen LogP contribution is -2.36. The van der Waals surface area contributed by atoms with Crippen molar-refractivity contribution in [3.05, 3.63) is 58.1 Å². The van der Waals surface area contributed by atoms with Crippen LogP contribution in [0.2, 0.25) is 0 Å². The van der Waals surface area contributed by atoms with Crippen LogP contribution in [-0.2, 0) is 13.0 Å². The van der Waals surface area contributed by atoms with Crippen molar-refractivity contribution in [1.82, 2.24) is 0 Å². The number of rotatable bonds is 3. The lowest BCUT2D eigenvalue weighted by molar-refractivity contribution is 0.412. The number of nitrogens with zero attached hydrogens (tertiary/aromatic N) is 1. The Morgan fingerprint density at radius 1 is 1.24 bits per heavy atom. The number of para-hydroxylation sites is 1.